The molecule has 1 aliphatic carbocycles. The molecular formula is C22H26ClN3O3. The van der Waals surface area contributed by atoms with E-state index in [-0.39, 0.29) is 23.8 Å². The number of hydrogen-bond acceptors (Lipinski definition) is 5. The highest BCUT2D eigenvalue weighted by atomic mass is 35.5. The minimum Gasteiger partial charge on any atom is -0.406 e. The average molecular weight is 416 g/mol. The van der Waals surface area contributed by atoms with Crippen LogP contribution in [0.25, 0.3) is 10.9 Å². The zero-order chi connectivity index (χ0) is 20.2. The fourth-order valence-corrected chi connectivity index (χ4v) is 4.46. The molecule has 4 rings (SSSR count). The number of halogens is 1. The Bertz CT molecular complexity index is 906. The smallest absolute Gasteiger partial charge is 0.329 e. The zero-order valence-electron chi connectivity index (χ0n) is 16.4. The largest absolute Gasteiger partial charge is 0.406 e. The van der Waals surface area contributed by atoms with Gasteiger partial charge in [0, 0.05) is 17.9 Å². The molecule has 2 aromatic rings. The van der Waals surface area contributed by atoms with Crippen LogP contribution < -0.4 is 15.4 Å². The lowest BCUT2D eigenvalue weighted by Crippen LogP contribution is -2.34. The highest BCUT2D eigenvalue weighted by molar-refractivity contribution is 6.35. The second-order valence-electron chi connectivity index (χ2n) is 7.96. The molecule has 0 radical (unpaired) electrons. The average Bonchev–Trinajstić information content (AvgIpc) is 3.26. The summed E-state index contributed by atoms with van der Waals surface area (Å²) in [6, 6.07) is 6.63. The van der Waals surface area contributed by atoms with Crippen LogP contribution in [0.5, 0.6) is 5.88 Å². The third kappa shape index (κ3) is 4.87. The van der Waals surface area contributed by atoms with Gasteiger partial charge >= 0.3 is 5.97 Å². The number of amides is 1. The minimum absolute atomic E-state index is 0.0193. The third-order valence-corrected chi connectivity index (χ3v) is 6.12. The van der Waals surface area contributed by atoms with Crippen LogP contribution in [-0.2, 0) is 9.59 Å². The number of aromatic nitrogens is 1. The lowest BCUT2D eigenvalue weighted by molar-refractivity contribution is -0.136. The maximum absolute atomic E-state index is 12.6. The number of benzene rings is 1. The molecule has 0 bridgehead atoms. The van der Waals surface area contributed by atoms with Crippen LogP contribution in [0.3, 0.4) is 0 Å². The summed E-state index contributed by atoms with van der Waals surface area (Å²) in [7, 11) is 0. The lowest BCUT2D eigenvalue weighted by Gasteiger charge is -2.21. The molecule has 6 nitrogen and oxygen atoms in total. The van der Waals surface area contributed by atoms with E-state index in [0.29, 0.717) is 28.6 Å². The van der Waals surface area contributed by atoms with Gasteiger partial charge in [-0.3, -0.25) is 4.79 Å². The van der Waals surface area contributed by atoms with Crippen LogP contribution in [0.1, 0.15) is 51.4 Å². The van der Waals surface area contributed by atoms with Gasteiger partial charge in [-0.25, -0.2) is 9.78 Å². The standard InChI is InChI=1S/C22H26ClN3O3/c23-16-9-10-17-15(21(16)26-19(27)13-14-5-2-1-3-6-14)8-11-20(25-17)29-22(28)18-7-4-12-24-18/h8-11,14,18,24H,1-7,12-13H2,(H,26,27)/t18-/m1/s1. The van der Waals surface area contributed by atoms with Crippen molar-refractivity contribution >= 4 is 40.1 Å². The van der Waals surface area contributed by atoms with Gasteiger partial charge < -0.3 is 15.4 Å². The first kappa shape index (κ1) is 20.1. The van der Waals surface area contributed by atoms with Crippen molar-refractivity contribution in [1.29, 1.82) is 0 Å². The van der Waals surface area contributed by atoms with E-state index in [2.05, 4.69) is 15.6 Å². The fraction of sp³-hybridized carbons (Fsp3) is 0.500. The van der Waals surface area contributed by atoms with Crippen molar-refractivity contribution in [2.45, 2.75) is 57.4 Å². The van der Waals surface area contributed by atoms with Gasteiger partial charge in [0.25, 0.3) is 0 Å². The molecule has 1 saturated carbocycles. The Labute approximate surface area is 175 Å². The van der Waals surface area contributed by atoms with Crippen LogP contribution in [0, 0.1) is 5.92 Å². The van der Waals surface area contributed by atoms with Gasteiger partial charge in [0.2, 0.25) is 11.8 Å². The number of hydrogen-bond donors (Lipinski definition) is 2. The molecule has 29 heavy (non-hydrogen) atoms. The zero-order valence-corrected chi connectivity index (χ0v) is 17.1. The number of fused-ring (bicyclic) bond motifs is 1. The molecule has 2 fully saturated rings. The summed E-state index contributed by atoms with van der Waals surface area (Å²) in [6.45, 7) is 0.827. The molecule has 0 unspecified atom stereocenters. The summed E-state index contributed by atoms with van der Waals surface area (Å²) in [4.78, 5) is 29.2. The first-order valence-corrected chi connectivity index (χ1v) is 10.8. The Balaban J connectivity index is 1.49. The van der Waals surface area contributed by atoms with E-state index in [1.807, 2.05) is 0 Å². The Morgan fingerprint density at radius 3 is 2.69 bits per heavy atom. The predicted octanol–water partition coefficient (Wildman–Crippen LogP) is 4.45. The topological polar surface area (TPSA) is 80.3 Å². The van der Waals surface area contributed by atoms with Crippen molar-refractivity contribution < 1.29 is 14.3 Å². The van der Waals surface area contributed by atoms with E-state index in [1.54, 1.807) is 24.3 Å². The Hall–Kier alpha value is -2.18. The lowest BCUT2D eigenvalue weighted by atomic mass is 9.87. The van der Waals surface area contributed by atoms with Gasteiger partial charge in [-0.05, 0) is 56.3 Å². The molecule has 2 heterocycles. The van der Waals surface area contributed by atoms with Crippen LogP contribution in [0.15, 0.2) is 24.3 Å². The summed E-state index contributed by atoms with van der Waals surface area (Å²) < 4.78 is 5.43. The van der Waals surface area contributed by atoms with Crippen LogP contribution in [-0.4, -0.2) is 29.4 Å². The van der Waals surface area contributed by atoms with Crippen LogP contribution >= 0.6 is 11.6 Å². The van der Waals surface area contributed by atoms with Gasteiger partial charge in [-0.15, -0.1) is 0 Å². The van der Waals surface area contributed by atoms with Crippen molar-refractivity contribution in [2.75, 3.05) is 11.9 Å². The summed E-state index contributed by atoms with van der Waals surface area (Å²) >= 11 is 6.36. The maximum atomic E-state index is 12.6. The highest BCUT2D eigenvalue weighted by Gasteiger charge is 2.24. The first-order valence-electron chi connectivity index (χ1n) is 10.4. The Morgan fingerprint density at radius 2 is 1.93 bits per heavy atom. The van der Waals surface area contributed by atoms with Crippen LogP contribution in [0.2, 0.25) is 5.02 Å². The molecule has 2 N–H and O–H groups in total. The molecule has 1 atom stereocenters. The molecule has 0 spiro atoms. The Kier molecular flexibility index (Phi) is 6.31. The summed E-state index contributed by atoms with van der Waals surface area (Å²) in [5.41, 5.74) is 1.18. The number of nitrogens with one attached hydrogen (secondary N) is 2. The number of anilines is 1. The summed E-state index contributed by atoms with van der Waals surface area (Å²) in [6.07, 6.45) is 8.16. The van der Waals surface area contributed by atoms with Crippen molar-refractivity contribution in [3.63, 3.8) is 0 Å². The van der Waals surface area contributed by atoms with Crippen LogP contribution in [0.4, 0.5) is 5.69 Å². The number of rotatable bonds is 5. The molecular weight excluding hydrogens is 390 g/mol. The van der Waals surface area contributed by atoms with Crippen molar-refractivity contribution in [2.24, 2.45) is 5.92 Å². The highest BCUT2D eigenvalue weighted by Crippen LogP contribution is 2.33. The van der Waals surface area contributed by atoms with E-state index in [4.69, 9.17) is 16.3 Å². The monoisotopic (exact) mass is 415 g/mol. The van der Waals surface area contributed by atoms with Crippen molar-refractivity contribution in [3.05, 3.63) is 29.3 Å². The molecule has 1 amide bonds. The normalized spacial score (nSPS) is 20.0. The number of pyridine rings is 1. The number of carbonyl (C=O) groups is 2. The molecule has 1 aromatic carbocycles. The van der Waals surface area contributed by atoms with Gasteiger partial charge in [0.05, 0.1) is 16.2 Å². The molecule has 7 heteroatoms. The van der Waals surface area contributed by atoms with Gasteiger partial charge in [-0.1, -0.05) is 30.9 Å². The van der Waals surface area contributed by atoms with Crippen molar-refractivity contribution in [3.8, 4) is 5.88 Å². The number of ether oxygens (including phenoxy) is 1. The molecule has 1 aromatic heterocycles. The van der Waals surface area contributed by atoms with Crippen molar-refractivity contribution in [1.82, 2.24) is 10.3 Å². The second kappa shape index (κ2) is 9.09. The van der Waals surface area contributed by atoms with Gasteiger partial charge in [0.1, 0.15) is 6.04 Å². The minimum atomic E-state index is -0.315. The molecule has 154 valence electrons. The van der Waals surface area contributed by atoms with E-state index in [9.17, 15) is 9.59 Å². The Morgan fingerprint density at radius 1 is 1.10 bits per heavy atom. The first-order chi connectivity index (χ1) is 14.1. The number of carbonyl (C=O) groups excluding carboxylic acids is 2. The number of nitrogens with zero attached hydrogens (tertiary/aromatic N) is 1. The summed E-state index contributed by atoms with van der Waals surface area (Å²) in [5, 5.41) is 7.29. The van der Waals surface area contributed by atoms with E-state index in [0.717, 1.165) is 37.6 Å². The molecule has 1 saturated heterocycles. The van der Waals surface area contributed by atoms with Gasteiger partial charge in [-0.2, -0.15) is 0 Å². The quantitative estimate of drug-likeness (QED) is 0.705. The fourth-order valence-electron chi connectivity index (χ4n) is 4.25. The number of esters is 1. The second-order valence-corrected chi connectivity index (χ2v) is 8.37. The van der Waals surface area contributed by atoms with Gasteiger partial charge in [0.15, 0.2) is 0 Å². The van der Waals surface area contributed by atoms with E-state index >= 15 is 0 Å². The van der Waals surface area contributed by atoms with E-state index in [1.165, 1.54) is 19.3 Å². The third-order valence-electron chi connectivity index (χ3n) is 5.81. The predicted molar refractivity (Wildman–Crippen MR) is 113 cm³/mol. The summed E-state index contributed by atoms with van der Waals surface area (Å²) in [5.74, 6) is 0.363. The maximum Gasteiger partial charge on any atom is 0.329 e. The van der Waals surface area contributed by atoms with E-state index < -0.39 is 0 Å². The SMILES string of the molecule is O=C(CC1CCCCC1)Nc1c(Cl)ccc2nc(OC(=O)[C@H]3CCCN3)ccc12. The molecule has 1 aliphatic heterocycles. The molecule has 2 aliphatic rings.